The van der Waals surface area contributed by atoms with Crippen LogP contribution in [-0.2, 0) is 5.41 Å². The van der Waals surface area contributed by atoms with Crippen LogP contribution in [-0.4, -0.2) is 16.1 Å². The number of nitrogens with one attached hydrogen (secondary N) is 1. The molecule has 3 nitrogen and oxygen atoms in total. The first-order chi connectivity index (χ1) is 6.89. The van der Waals surface area contributed by atoms with E-state index in [1.54, 1.807) is 6.07 Å². The monoisotopic (exact) mass is 207 g/mol. The molecule has 0 bridgehead atoms. The second-order valence-electron chi connectivity index (χ2n) is 5.34. The Kier molecular flexibility index (Phi) is 2.14. The molecule has 82 valence electrons. The summed E-state index contributed by atoms with van der Waals surface area (Å²) < 4.78 is 0. The van der Waals surface area contributed by atoms with E-state index in [4.69, 9.17) is 5.11 Å². The fraction of sp³-hybridized carbons (Fsp3) is 0.583. The van der Waals surface area contributed by atoms with Crippen molar-refractivity contribution in [3.8, 4) is 0 Å². The molecule has 0 unspecified atom stereocenters. The smallest absolute Gasteiger partial charge is 0.337 e. The van der Waals surface area contributed by atoms with Gasteiger partial charge in [0.25, 0.3) is 0 Å². The maximum Gasteiger partial charge on any atom is 0.337 e. The van der Waals surface area contributed by atoms with Crippen LogP contribution in [0.5, 0.6) is 0 Å². The Morgan fingerprint density at radius 3 is 2.47 bits per heavy atom. The summed E-state index contributed by atoms with van der Waals surface area (Å²) in [6.45, 7) is 6.25. The standard InChI is InChI=1S/C12H17NO2/c1-12(2,3)9-6-8(11(14)15)10(13-9)7-4-5-7/h6-7,13H,4-5H2,1-3H3,(H,14,15). The summed E-state index contributed by atoms with van der Waals surface area (Å²) in [6.07, 6.45) is 2.23. The summed E-state index contributed by atoms with van der Waals surface area (Å²) in [5, 5.41) is 9.10. The van der Waals surface area contributed by atoms with Crippen molar-refractivity contribution in [3.05, 3.63) is 23.0 Å². The van der Waals surface area contributed by atoms with Gasteiger partial charge >= 0.3 is 5.97 Å². The van der Waals surface area contributed by atoms with E-state index in [0.29, 0.717) is 11.5 Å². The lowest BCUT2D eigenvalue weighted by atomic mass is 9.92. The third-order valence-corrected chi connectivity index (χ3v) is 2.87. The number of hydrogen-bond donors (Lipinski definition) is 2. The van der Waals surface area contributed by atoms with Gasteiger partial charge in [0.05, 0.1) is 5.56 Å². The highest BCUT2D eigenvalue weighted by Crippen LogP contribution is 2.42. The van der Waals surface area contributed by atoms with E-state index >= 15 is 0 Å². The van der Waals surface area contributed by atoms with Crippen LogP contribution in [0.3, 0.4) is 0 Å². The average Bonchev–Trinajstić information content (AvgIpc) is 2.81. The molecule has 1 heterocycles. The Morgan fingerprint density at radius 1 is 1.47 bits per heavy atom. The van der Waals surface area contributed by atoms with Gasteiger partial charge in [-0.15, -0.1) is 0 Å². The SMILES string of the molecule is CC(C)(C)c1cc(C(=O)O)c(C2CC2)[nH]1. The predicted molar refractivity (Wildman–Crippen MR) is 58.4 cm³/mol. The first kappa shape index (κ1) is 10.3. The van der Waals surface area contributed by atoms with E-state index in [1.165, 1.54) is 0 Å². The largest absolute Gasteiger partial charge is 0.478 e. The summed E-state index contributed by atoms with van der Waals surface area (Å²) in [4.78, 5) is 14.4. The third-order valence-electron chi connectivity index (χ3n) is 2.87. The van der Waals surface area contributed by atoms with Gasteiger partial charge in [0.15, 0.2) is 0 Å². The number of aromatic nitrogens is 1. The molecular formula is C12H17NO2. The molecular weight excluding hydrogens is 190 g/mol. The fourth-order valence-corrected chi connectivity index (χ4v) is 1.75. The fourth-order valence-electron chi connectivity index (χ4n) is 1.75. The zero-order chi connectivity index (χ0) is 11.2. The van der Waals surface area contributed by atoms with Crippen LogP contribution in [0, 0.1) is 0 Å². The van der Waals surface area contributed by atoms with Gasteiger partial charge in [-0.1, -0.05) is 20.8 Å². The molecule has 0 saturated heterocycles. The van der Waals surface area contributed by atoms with Crippen molar-refractivity contribution in [2.45, 2.75) is 44.9 Å². The van der Waals surface area contributed by atoms with E-state index in [0.717, 1.165) is 24.2 Å². The molecule has 1 aromatic rings. The van der Waals surface area contributed by atoms with Crippen molar-refractivity contribution in [2.75, 3.05) is 0 Å². The summed E-state index contributed by atoms with van der Waals surface area (Å²) in [5.41, 5.74) is 2.38. The first-order valence-corrected chi connectivity index (χ1v) is 5.36. The lowest BCUT2D eigenvalue weighted by Crippen LogP contribution is -2.11. The number of rotatable bonds is 2. The third kappa shape index (κ3) is 1.91. The summed E-state index contributed by atoms with van der Waals surface area (Å²) in [7, 11) is 0. The van der Waals surface area contributed by atoms with Gasteiger partial charge in [-0.2, -0.15) is 0 Å². The molecule has 0 spiro atoms. The molecule has 0 radical (unpaired) electrons. The quantitative estimate of drug-likeness (QED) is 0.783. The second kappa shape index (κ2) is 3.12. The van der Waals surface area contributed by atoms with Gasteiger partial charge in [-0.25, -0.2) is 4.79 Å². The van der Waals surface area contributed by atoms with E-state index in [-0.39, 0.29) is 5.41 Å². The van der Waals surface area contributed by atoms with Gasteiger partial charge in [-0.3, -0.25) is 0 Å². The molecule has 0 aliphatic heterocycles. The molecule has 1 fully saturated rings. The Morgan fingerprint density at radius 2 is 2.07 bits per heavy atom. The lowest BCUT2D eigenvalue weighted by molar-refractivity contribution is 0.0696. The molecule has 0 amide bonds. The maximum atomic E-state index is 11.1. The summed E-state index contributed by atoms with van der Waals surface area (Å²) >= 11 is 0. The minimum atomic E-state index is -0.816. The molecule has 0 aromatic carbocycles. The first-order valence-electron chi connectivity index (χ1n) is 5.36. The number of aromatic carboxylic acids is 1. The molecule has 2 N–H and O–H groups in total. The molecule has 1 aliphatic carbocycles. The highest BCUT2D eigenvalue weighted by Gasteiger charge is 2.31. The minimum absolute atomic E-state index is 0.0165. The summed E-state index contributed by atoms with van der Waals surface area (Å²) in [5.74, 6) is -0.365. The number of hydrogen-bond acceptors (Lipinski definition) is 1. The maximum absolute atomic E-state index is 11.1. The van der Waals surface area contributed by atoms with Crippen LogP contribution in [0.25, 0.3) is 0 Å². The van der Waals surface area contributed by atoms with Crippen molar-refractivity contribution in [1.29, 1.82) is 0 Å². The van der Waals surface area contributed by atoms with Gasteiger partial charge in [0.1, 0.15) is 0 Å². The van der Waals surface area contributed by atoms with E-state index in [9.17, 15) is 4.79 Å². The van der Waals surface area contributed by atoms with Crippen LogP contribution >= 0.6 is 0 Å². The normalized spacial score (nSPS) is 16.7. The molecule has 1 saturated carbocycles. The number of carboxylic acids is 1. The van der Waals surface area contributed by atoms with Gasteiger partial charge in [0, 0.05) is 16.8 Å². The Hall–Kier alpha value is -1.25. The zero-order valence-electron chi connectivity index (χ0n) is 9.42. The molecule has 0 atom stereocenters. The topological polar surface area (TPSA) is 53.1 Å². The molecule has 15 heavy (non-hydrogen) atoms. The average molecular weight is 207 g/mol. The number of aromatic amines is 1. The predicted octanol–water partition coefficient (Wildman–Crippen LogP) is 2.89. The number of H-pyrrole nitrogens is 1. The van der Waals surface area contributed by atoms with Crippen LogP contribution in [0.1, 0.15) is 61.3 Å². The highest BCUT2D eigenvalue weighted by atomic mass is 16.4. The van der Waals surface area contributed by atoms with E-state index in [1.807, 2.05) is 0 Å². The minimum Gasteiger partial charge on any atom is -0.478 e. The molecule has 1 aliphatic rings. The van der Waals surface area contributed by atoms with Crippen LogP contribution < -0.4 is 0 Å². The number of carboxylic acid groups (broad SMARTS) is 1. The molecule has 1 aromatic heterocycles. The van der Waals surface area contributed by atoms with Gasteiger partial charge in [0.2, 0.25) is 0 Å². The number of carbonyl (C=O) groups is 1. The van der Waals surface area contributed by atoms with Crippen LogP contribution in [0.15, 0.2) is 6.07 Å². The zero-order valence-corrected chi connectivity index (χ0v) is 9.42. The summed E-state index contributed by atoms with van der Waals surface area (Å²) in [6, 6.07) is 1.79. The lowest BCUT2D eigenvalue weighted by Gasteiger charge is -2.15. The Bertz CT molecular complexity index is 394. The van der Waals surface area contributed by atoms with E-state index < -0.39 is 5.97 Å². The van der Waals surface area contributed by atoms with Crippen molar-refractivity contribution in [2.24, 2.45) is 0 Å². The Balaban J connectivity index is 2.44. The van der Waals surface area contributed by atoms with Crippen LogP contribution in [0.4, 0.5) is 0 Å². The van der Waals surface area contributed by atoms with Crippen molar-refractivity contribution in [3.63, 3.8) is 0 Å². The van der Waals surface area contributed by atoms with Crippen molar-refractivity contribution < 1.29 is 9.90 Å². The van der Waals surface area contributed by atoms with Crippen molar-refractivity contribution >= 4 is 5.97 Å². The molecule has 2 rings (SSSR count). The van der Waals surface area contributed by atoms with E-state index in [2.05, 4.69) is 25.8 Å². The van der Waals surface area contributed by atoms with Gasteiger partial charge < -0.3 is 10.1 Å². The highest BCUT2D eigenvalue weighted by molar-refractivity contribution is 5.89. The second-order valence-corrected chi connectivity index (χ2v) is 5.34. The van der Waals surface area contributed by atoms with Gasteiger partial charge in [-0.05, 0) is 24.8 Å². The Labute approximate surface area is 89.5 Å². The van der Waals surface area contributed by atoms with Crippen LogP contribution in [0.2, 0.25) is 0 Å². The molecule has 3 heteroatoms. The van der Waals surface area contributed by atoms with Crippen molar-refractivity contribution in [1.82, 2.24) is 4.98 Å².